The van der Waals surface area contributed by atoms with Gasteiger partial charge in [0.15, 0.2) is 5.60 Å². The predicted molar refractivity (Wildman–Crippen MR) is 189 cm³/mol. The third kappa shape index (κ3) is 5.89. The number of rotatable bonds is 7. The number of amides is 3. The van der Waals surface area contributed by atoms with E-state index in [1.54, 1.807) is 46.0 Å². The maximum absolute atomic E-state index is 16.4. The number of aliphatic hydroxyl groups excluding tert-OH is 1. The molecule has 2 saturated heterocycles. The van der Waals surface area contributed by atoms with Crippen molar-refractivity contribution >= 4 is 49.1 Å². The fraction of sp³-hybridized carbons (Fsp3) is 0.432. The van der Waals surface area contributed by atoms with E-state index in [4.69, 9.17) is 16.3 Å². The van der Waals surface area contributed by atoms with Gasteiger partial charge in [-0.3, -0.25) is 14.4 Å². The first-order chi connectivity index (χ1) is 23.4. The third-order valence-corrected chi connectivity index (χ3v) is 13.5. The monoisotopic (exact) mass is 704 g/mol. The first-order valence-corrected chi connectivity index (χ1v) is 20.3. The summed E-state index contributed by atoms with van der Waals surface area (Å²) in [5.41, 5.74) is 2.70. The minimum absolute atomic E-state index is 0.0172. The van der Waals surface area contributed by atoms with E-state index < -0.39 is 37.6 Å². The van der Waals surface area contributed by atoms with Crippen molar-refractivity contribution in [2.75, 3.05) is 36.0 Å². The molecule has 0 radical (unpaired) electrons. The molecule has 1 spiro atoms. The lowest BCUT2D eigenvalue weighted by Gasteiger charge is -2.37. The lowest BCUT2D eigenvalue weighted by Crippen LogP contribution is -2.48. The summed E-state index contributed by atoms with van der Waals surface area (Å²) in [5.74, 6) is -1.16. The zero-order chi connectivity index (χ0) is 34.7. The molecule has 0 bridgehead atoms. The van der Waals surface area contributed by atoms with Crippen LogP contribution in [0.4, 0.5) is 15.5 Å². The van der Waals surface area contributed by atoms with E-state index in [1.807, 2.05) is 55.5 Å². The molecular formula is C37H42ClFN4O5Si. The lowest BCUT2D eigenvalue weighted by molar-refractivity contribution is -0.151. The summed E-state index contributed by atoms with van der Waals surface area (Å²) in [7, 11) is -3.53. The van der Waals surface area contributed by atoms with Crippen molar-refractivity contribution in [3.05, 3.63) is 94.0 Å². The molecule has 0 aliphatic carbocycles. The molecule has 2 N–H and O–H groups in total. The number of hydrogen-bond acceptors (Lipinski definition) is 6. The minimum atomic E-state index is -3.53. The number of nitrogens with zero attached hydrogens (tertiary/aromatic N) is 3. The summed E-state index contributed by atoms with van der Waals surface area (Å²) in [4.78, 5) is 46.6. The molecule has 5 atom stereocenters. The number of anilines is 2. The molecule has 3 aromatic rings. The smallest absolute Gasteiger partial charge is 0.264 e. The molecule has 7 rings (SSSR count). The summed E-state index contributed by atoms with van der Waals surface area (Å²) in [6, 6.07) is 20.3. The maximum atomic E-state index is 16.4. The van der Waals surface area contributed by atoms with Crippen LogP contribution in [0.25, 0.3) is 0 Å². The average molecular weight is 705 g/mol. The molecule has 3 amide bonds. The summed E-state index contributed by atoms with van der Waals surface area (Å²) >= 11 is 6.55. The number of hydrogen-bond donors (Lipinski definition) is 2. The number of fused-ring (bicyclic) bond motifs is 3. The van der Waals surface area contributed by atoms with Crippen molar-refractivity contribution in [1.29, 1.82) is 0 Å². The molecule has 258 valence electrons. The zero-order valence-corrected chi connectivity index (χ0v) is 29.8. The van der Waals surface area contributed by atoms with E-state index in [2.05, 4.69) is 5.32 Å². The fourth-order valence-corrected chi connectivity index (χ4v) is 11.3. The molecule has 3 aromatic carbocycles. The van der Waals surface area contributed by atoms with Gasteiger partial charge in [0.2, 0.25) is 20.2 Å². The van der Waals surface area contributed by atoms with E-state index in [0.29, 0.717) is 42.3 Å². The van der Waals surface area contributed by atoms with Crippen LogP contribution in [0.3, 0.4) is 0 Å². The van der Waals surface area contributed by atoms with Crippen LogP contribution in [0.1, 0.15) is 35.6 Å². The number of carbonyl (C=O) groups excluding carboxylic acids is 3. The van der Waals surface area contributed by atoms with Crippen LogP contribution in [0.15, 0.2) is 66.7 Å². The quantitative estimate of drug-likeness (QED) is 0.267. The summed E-state index contributed by atoms with van der Waals surface area (Å²) in [6.45, 7) is 6.95. The Hall–Kier alpha value is -3.61. The predicted octanol–water partition coefficient (Wildman–Crippen LogP) is 4.93. The second-order valence-electron chi connectivity index (χ2n) is 14.3. The highest BCUT2D eigenvalue weighted by Gasteiger charge is 2.67. The Morgan fingerprint density at radius 2 is 1.88 bits per heavy atom. The van der Waals surface area contributed by atoms with Crippen molar-refractivity contribution in [3.63, 3.8) is 0 Å². The Balaban J connectivity index is 1.21. The Morgan fingerprint density at radius 3 is 2.61 bits per heavy atom. The Morgan fingerprint density at radius 1 is 1.10 bits per heavy atom. The average Bonchev–Trinajstić information content (AvgIpc) is 3.50. The maximum Gasteiger partial charge on any atom is 0.264 e. The van der Waals surface area contributed by atoms with E-state index >= 15 is 4.11 Å². The van der Waals surface area contributed by atoms with Gasteiger partial charge >= 0.3 is 0 Å². The van der Waals surface area contributed by atoms with Gasteiger partial charge in [0, 0.05) is 47.4 Å². The molecule has 0 unspecified atom stereocenters. The standard InChI is InChI=1S/C37H42ClFN4O5Si/c1-23-35(49(2,3)39)32(18-33(45)42-21-26-9-5-4-8-25(26)16-29(42)22-44)48-37(23)30-17-27(38)11-12-31(30)43(36(37)47)20-24-7-6-10-28(15-24)41-14-13-40-19-34(41)46/h4-12,15,17,23,29,32,35,40,44H,13-14,16,18-22H2,1-3H3/t23-,29-,32+,35-,37+/m0/s1. The largest absolute Gasteiger partial charge is 0.394 e. The molecule has 4 heterocycles. The van der Waals surface area contributed by atoms with Gasteiger partial charge in [-0.2, -0.15) is 0 Å². The third-order valence-electron chi connectivity index (χ3n) is 10.8. The second kappa shape index (κ2) is 12.9. The van der Waals surface area contributed by atoms with Gasteiger partial charge in [-0.25, -0.2) is 0 Å². The topological polar surface area (TPSA) is 102 Å². The van der Waals surface area contributed by atoms with Crippen LogP contribution < -0.4 is 15.1 Å². The van der Waals surface area contributed by atoms with Crippen LogP contribution in [0.2, 0.25) is 23.7 Å². The summed E-state index contributed by atoms with van der Waals surface area (Å²) in [6.07, 6.45) is -0.441. The Bertz CT molecular complexity index is 1800. The molecular weight excluding hydrogens is 663 g/mol. The molecule has 9 nitrogen and oxygen atoms in total. The van der Waals surface area contributed by atoms with Gasteiger partial charge in [0.25, 0.3) is 5.91 Å². The molecule has 49 heavy (non-hydrogen) atoms. The number of benzene rings is 3. The van der Waals surface area contributed by atoms with Gasteiger partial charge in [0.1, 0.15) is 0 Å². The van der Waals surface area contributed by atoms with Crippen molar-refractivity contribution in [1.82, 2.24) is 10.2 Å². The molecule has 0 saturated carbocycles. The summed E-state index contributed by atoms with van der Waals surface area (Å²) in [5, 5.41) is 13.8. The SMILES string of the molecule is C[C@H]1[C@H]([Si](C)(C)F)[C@@H](CC(=O)N2Cc3ccccc3C[C@H]2CO)O[C@]12C(=O)N(Cc1cccc(N3CCNCC3=O)c1)c1ccc(Cl)cc12. The van der Waals surface area contributed by atoms with Crippen LogP contribution in [-0.4, -0.2) is 74.5 Å². The number of aliphatic hydroxyl groups is 1. The number of piperazine rings is 1. The molecule has 12 heteroatoms. The van der Waals surface area contributed by atoms with Crippen molar-refractivity contribution < 1.29 is 28.3 Å². The van der Waals surface area contributed by atoms with Crippen LogP contribution >= 0.6 is 11.6 Å². The van der Waals surface area contributed by atoms with Crippen molar-refractivity contribution in [2.24, 2.45) is 5.92 Å². The molecule has 2 fully saturated rings. The Kier molecular flexibility index (Phi) is 8.94. The van der Waals surface area contributed by atoms with Gasteiger partial charge in [-0.05, 0) is 66.5 Å². The molecule has 0 aromatic heterocycles. The number of carbonyl (C=O) groups is 3. The first kappa shape index (κ1) is 33.9. The van der Waals surface area contributed by atoms with Gasteiger partial charge in [0.05, 0.1) is 44.0 Å². The van der Waals surface area contributed by atoms with E-state index in [-0.39, 0.29) is 43.8 Å². The molecule has 4 aliphatic heterocycles. The van der Waals surface area contributed by atoms with E-state index in [0.717, 1.165) is 22.4 Å². The van der Waals surface area contributed by atoms with E-state index in [9.17, 15) is 19.5 Å². The highest BCUT2D eigenvalue weighted by atomic mass is 35.5. The second-order valence-corrected chi connectivity index (χ2v) is 18.5. The van der Waals surface area contributed by atoms with Crippen LogP contribution in [-0.2, 0) is 44.2 Å². The van der Waals surface area contributed by atoms with E-state index in [1.165, 1.54) is 0 Å². The minimum Gasteiger partial charge on any atom is -0.394 e. The van der Waals surface area contributed by atoms with Crippen molar-refractivity contribution in [3.8, 4) is 0 Å². The molecule has 4 aliphatic rings. The number of nitrogens with one attached hydrogen (secondary N) is 1. The highest BCUT2D eigenvalue weighted by Crippen LogP contribution is 2.60. The number of ether oxygens (including phenoxy) is 1. The van der Waals surface area contributed by atoms with Crippen LogP contribution in [0, 0.1) is 5.92 Å². The van der Waals surface area contributed by atoms with Gasteiger partial charge in [-0.15, -0.1) is 0 Å². The highest BCUT2D eigenvalue weighted by molar-refractivity contribution is 6.72. The Labute approximate surface area is 292 Å². The number of halogens is 2. The van der Waals surface area contributed by atoms with Crippen molar-refractivity contribution in [2.45, 2.75) is 69.2 Å². The van der Waals surface area contributed by atoms with Gasteiger partial charge < -0.3 is 34.0 Å². The first-order valence-electron chi connectivity index (χ1n) is 17.0. The fourth-order valence-electron chi connectivity index (χ4n) is 8.59. The van der Waals surface area contributed by atoms with Crippen LogP contribution in [0.5, 0.6) is 0 Å². The zero-order valence-electron chi connectivity index (χ0n) is 28.0. The lowest BCUT2D eigenvalue weighted by atomic mass is 9.82. The normalized spacial score (nSPS) is 26.8. The summed E-state index contributed by atoms with van der Waals surface area (Å²) < 4.78 is 23.3. The van der Waals surface area contributed by atoms with Gasteiger partial charge in [-0.1, -0.05) is 54.9 Å².